The highest BCUT2D eigenvalue weighted by Crippen LogP contribution is 2.35. The summed E-state index contributed by atoms with van der Waals surface area (Å²) in [5.41, 5.74) is 0.977. The zero-order chi connectivity index (χ0) is 16.5. The zero-order valence-electron chi connectivity index (χ0n) is 13.6. The Morgan fingerprint density at radius 2 is 2.21 bits per heavy atom. The van der Waals surface area contributed by atoms with Crippen molar-refractivity contribution >= 4 is 5.91 Å². The lowest BCUT2D eigenvalue weighted by Gasteiger charge is -2.35. The van der Waals surface area contributed by atoms with Gasteiger partial charge < -0.3 is 14.4 Å². The first kappa shape index (κ1) is 15.1. The predicted molar refractivity (Wildman–Crippen MR) is 85.7 cm³/mol. The zero-order valence-corrected chi connectivity index (χ0v) is 13.6. The Bertz CT molecular complexity index is 745. The van der Waals surface area contributed by atoms with Crippen molar-refractivity contribution in [1.29, 1.82) is 0 Å². The van der Waals surface area contributed by atoms with Gasteiger partial charge in [0.2, 0.25) is 5.91 Å². The van der Waals surface area contributed by atoms with E-state index in [-0.39, 0.29) is 17.9 Å². The van der Waals surface area contributed by atoms with Crippen LogP contribution in [0.3, 0.4) is 0 Å². The number of amides is 1. The lowest BCUT2D eigenvalue weighted by atomic mass is 9.91. The van der Waals surface area contributed by atoms with Crippen LogP contribution in [0.1, 0.15) is 35.7 Å². The Balaban J connectivity index is 1.52. The van der Waals surface area contributed by atoms with Gasteiger partial charge in [-0.2, -0.15) is 5.10 Å². The molecule has 2 aliphatic rings. The van der Waals surface area contributed by atoms with Crippen molar-refractivity contribution in [2.75, 3.05) is 26.3 Å². The first-order valence-corrected chi connectivity index (χ1v) is 8.23. The molecule has 7 nitrogen and oxygen atoms in total. The van der Waals surface area contributed by atoms with Gasteiger partial charge in [0.25, 0.3) is 0 Å². The summed E-state index contributed by atoms with van der Waals surface area (Å²) in [4.78, 5) is 19.3. The molecule has 2 aromatic rings. The number of benzene rings is 1. The molecule has 0 spiro atoms. The Labute approximate surface area is 140 Å². The second-order valence-corrected chi connectivity index (χ2v) is 6.15. The molecule has 2 atom stereocenters. The third-order valence-electron chi connectivity index (χ3n) is 4.54. The number of ether oxygens (including phenoxy) is 2. The average Bonchev–Trinajstić information content (AvgIpc) is 3.07. The van der Waals surface area contributed by atoms with Crippen LogP contribution in [0.4, 0.5) is 0 Å². The maximum atomic E-state index is 13.1. The lowest BCUT2D eigenvalue weighted by molar-refractivity contribution is -0.141. The molecule has 7 heteroatoms. The number of hydrogen-bond donors (Lipinski definition) is 1. The van der Waals surface area contributed by atoms with Gasteiger partial charge in [0, 0.05) is 12.1 Å². The van der Waals surface area contributed by atoms with E-state index < -0.39 is 0 Å². The molecule has 0 aliphatic carbocycles. The third-order valence-corrected chi connectivity index (χ3v) is 4.54. The Hall–Kier alpha value is -2.41. The van der Waals surface area contributed by atoms with Crippen LogP contribution in [0, 0.1) is 6.92 Å². The van der Waals surface area contributed by atoms with Gasteiger partial charge in [-0.1, -0.05) is 18.2 Å². The van der Waals surface area contributed by atoms with Crippen molar-refractivity contribution in [1.82, 2.24) is 20.1 Å². The van der Waals surface area contributed by atoms with Crippen LogP contribution in [-0.2, 0) is 9.53 Å². The number of nitrogens with zero attached hydrogens (tertiary/aromatic N) is 3. The molecule has 126 valence electrons. The quantitative estimate of drug-likeness (QED) is 0.905. The average molecular weight is 328 g/mol. The van der Waals surface area contributed by atoms with Crippen LogP contribution in [0.2, 0.25) is 0 Å². The summed E-state index contributed by atoms with van der Waals surface area (Å²) in [6.45, 7) is 3.99. The summed E-state index contributed by atoms with van der Waals surface area (Å²) in [7, 11) is 0. The monoisotopic (exact) mass is 328 g/mol. The minimum Gasteiger partial charge on any atom is -0.493 e. The minimum absolute atomic E-state index is 0.131. The Kier molecular flexibility index (Phi) is 3.93. The van der Waals surface area contributed by atoms with E-state index in [1.54, 1.807) is 0 Å². The van der Waals surface area contributed by atoms with Gasteiger partial charge in [-0.25, -0.2) is 4.98 Å². The molecule has 2 aliphatic heterocycles. The summed E-state index contributed by atoms with van der Waals surface area (Å²) < 4.78 is 11.4. The summed E-state index contributed by atoms with van der Waals surface area (Å²) in [6, 6.07) is 7.79. The number of aromatic nitrogens is 3. The normalized spacial score (nSPS) is 23.5. The van der Waals surface area contributed by atoms with E-state index in [9.17, 15) is 4.79 Å². The van der Waals surface area contributed by atoms with Crippen LogP contribution < -0.4 is 4.74 Å². The number of fused-ring (bicyclic) bond motifs is 1. The van der Waals surface area contributed by atoms with Crippen molar-refractivity contribution < 1.29 is 14.3 Å². The molecule has 1 saturated heterocycles. The maximum absolute atomic E-state index is 13.1. The van der Waals surface area contributed by atoms with Gasteiger partial charge in [-0.3, -0.25) is 9.89 Å². The van der Waals surface area contributed by atoms with E-state index >= 15 is 0 Å². The van der Waals surface area contributed by atoms with Crippen LogP contribution >= 0.6 is 0 Å². The number of morpholine rings is 1. The van der Waals surface area contributed by atoms with Gasteiger partial charge in [-0.15, -0.1) is 0 Å². The van der Waals surface area contributed by atoms with Gasteiger partial charge in [0.05, 0.1) is 25.7 Å². The molecule has 0 radical (unpaired) electrons. The number of para-hydroxylation sites is 1. The molecule has 0 saturated carbocycles. The minimum atomic E-state index is -0.275. The van der Waals surface area contributed by atoms with Gasteiger partial charge in [0.1, 0.15) is 17.7 Å². The fourth-order valence-corrected chi connectivity index (χ4v) is 3.33. The van der Waals surface area contributed by atoms with Crippen molar-refractivity contribution in [3.05, 3.63) is 41.5 Å². The van der Waals surface area contributed by atoms with E-state index in [1.807, 2.05) is 36.1 Å². The molecular formula is C17H20N4O3. The molecule has 4 rings (SSSR count). The SMILES string of the molecule is Cc1nc([C@@H]2CN(C(=O)[C@H]3CCOc4ccccc43)CCO2)n[nH]1. The van der Waals surface area contributed by atoms with Gasteiger partial charge in [0.15, 0.2) is 5.82 Å². The van der Waals surface area contributed by atoms with Crippen LogP contribution in [0.15, 0.2) is 24.3 Å². The lowest BCUT2D eigenvalue weighted by Crippen LogP contribution is -2.45. The number of hydrogen-bond acceptors (Lipinski definition) is 5. The van der Waals surface area contributed by atoms with Crippen molar-refractivity contribution in [2.45, 2.75) is 25.4 Å². The first-order valence-electron chi connectivity index (χ1n) is 8.23. The first-order chi connectivity index (χ1) is 11.7. The predicted octanol–water partition coefficient (Wildman–Crippen LogP) is 1.58. The molecule has 24 heavy (non-hydrogen) atoms. The molecule has 1 aromatic carbocycles. The number of carbonyl (C=O) groups excluding carboxylic acids is 1. The van der Waals surface area contributed by atoms with E-state index in [2.05, 4.69) is 15.2 Å². The molecular weight excluding hydrogens is 308 g/mol. The summed E-state index contributed by atoms with van der Waals surface area (Å²) in [5.74, 6) is 2.15. The van der Waals surface area contributed by atoms with E-state index in [4.69, 9.17) is 9.47 Å². The highest BCUT2D eigenvalue weighted by molar-refractivity contribution is 5.85. The molecule has 1 amide bonds. The van der Waals surface area contributed by atoms with Crippen molar-refractivity contribution in [2.24, 2.45) is 0 Å². The largest absolute Gasteiger partial charge is 0.493 e. The number of H-pyrrole nitrogens is 1. The Morgan fingerprint density at radius 3 is 3.04 bits per heavy atom. The molecule has 3 heterocycles. The van der Waals surface area contributed by atoms with Crippen LogP contribution in [-0.4, -0.2) is 52.3 Å². The number of carbonyl (C=O) groups is 1. The summed E-state index contributed by atoms with van der Waals surface area (Å²) in [6.07, 6.45) is 0.431. The van der Waals surface area contributed by atoms with Crippen LogP contribution in [0.25, 0.3) is 0 Å². The maximum Gasteiger partial charge on any atom is 0.230 e. The molecule has 0 unspecified atom stereocenters. The van der Waals surface area contributed by atoms with Crippen molar-refractivity contribution in [3.8, 4) is 5.75 Å². The molecule has 1 aromatic heterocycles. The highest BCUT2D eigenvalue weighted by atomic mass is 16.5. The number of aryl methyl sites for hydroxylation is 1. The highest BCUT2D eigenvalue weighted by Gasteiger charge is 2.34. The van der Waals surface area contributed by atoms with Crippen LogP contribution in [0.5, 0.6) is 5.75 Å². The van der Waals surface area contributed by atoms with Gasteiger partial charge in [-0.05, 0) is 19.4 Å². The van der Waals surface area contributed by atoms with Gasteiger partial charge >= 0.3 is 0 Å². The molecule has 0 bridgehead atoms. The van der Waals surface area contributed by atoms with E-state index in [1.165, 1.54) is 0 Å². The standard InChI is InChI=1S/C17H20N4O3/c1-11-18-16(20-19-11)15-10-21(7-9-24-15)17(22)13-6-8-23-14-5-3-2-4-12(13)14/h2-5,13,15H,6-10H2,1H3,(H,18,19,20)/t13-,15-/m0/s1. The second kappa shape index (κ2) is 6.24. The van der Waals surface area contributed by atoms with Crippen molar-refractivity contribution in [3.63, 3.8) is 0 Å². The topological polar surface area (TPSA) is 80.3 Å². The Morgan fingerprint density at radius 1 is 1.33 bits per heavy atom. The summed E-state index contributed by atoms with van der Waals surface area (Å²) >= 11 is 0. The smallest absolute Gasteiger partial charge is 0.230 e. The molecule has 1 N–H and O–H groups in total. The van der Waals surface area contributed by atoms with E-state index in [0.717, 1.165) is 17.1 Å². The molecule has 1 fully saturated rings. The number of rotatable bonds is 2. The number of aromatic amines is 1. The second-order valence-electron chi connectivity index (χ2n) is 6.15. The fourth-order valence-electron chi connectivity index (χ4n) is 3.33. The summed E-state index contributed by atoms with van der Waals surface area (Å²) in [5, 5.41) is 6.99. The number of nitrogens with one attached hydrogen (secondary N) is 1. The third kappa shape index (κ3) is 2.75. The fraction of sp³-hybridized carbons (Fsp3) is 0.471. The van der Waals surface area contributed by atoms with E-state index in [0.29, 0.717) is 38.5 Å².